The van der Waals surface area contributed by atoms with Crippen molar-refractivity contribution in [3.8, 4) is 0 Å². The number of amides is 1. The molecule has 1 amide bonds. The van der Waals surface area contributed by atoms with E-state index in [0.29, 0.717) is 44.6 Å². The van der Waals surface area contributed by atoms with Crippen LogP contribution in [0.15, 0.2) is 29.2 Å². The van der Waals surface area contributed by atoms with Crippen molar-refractivity contribution in [3.63, 3.8) is 0 Å². The van der Waals surface area contributed by atoms with Gasteiger partial charge in [-0.2, -0.15) is 0 Å². The van der Waals surface area contributed by atoms with Gasteiger partial charge in [0, 0.05) is 25.3 Å². The SMILES string of the molecule is CCS(=O)(=O)c1ccc(N2CCC3(CCN(S(=O)(=O)CC(C)(C)C)CC3)C2=O)cc1. The zero-order chi connectivity index (χ0) is 22.4. The van der Waals surface area contributed by atoms with Gasteiger partial charge in [0.25, 0.3) is 0 Å². The lowest BCUT2D eigenvalue weighted by atomic mass is 9.77. The van der Waals surface area contributed by atoms with Gasteiger partial charge in [-0.15, -0.1) is 0 Å². The molecule has 7 nitrogen and oxygen atoms in total. The predicted octanol–water partition coefficient (Wildman–Crippen LogP) is 2.68. The first-order valence-corrected chi connectivity index (χ1v) is 13.7. The maximum atomic E-state index is 13.2. The van der Waals surface area contributed by atoms with Gasteiger partial charge in [-0.25, -0.2) is 21.1 Å². The highest BCUT2D eigenvalue weighted by Crippen LogP contribution is 2.43. The maximum absolute atomic E-state index is 13.2. The minimum absolute atomic E-state index is 0.0152. The zero-order valence-electron chi connectivity index (χ0n) is 18.2. The second-order valence-electron chi connectivity index (χ2n) is 9.60. The molecule has 2 aliphatic rings. The summed E-state index contributed by atoms with van der Waals surface area (Å²) >= 11 is 0. The number of nitrogens with zero attached hydrogens (tertiary/aromatic N) is 2. The van der Waals surface area contributed by atoms with Crippen molar-refractivity contribution in [2.45, 2.75) is 51.9 Å². The van der Waals surface area contributed by atoms with E-state index in [1.807, 2.05) is 20.8 Å². The van der Waals surface area contributed by atoms with E-state index >= 15 is 0 Å². The second kappa shape index (κ2) is 7.91. The Bertz CT molecular complexity index is 1000. The van der Waals surface area contributed by atoms with E-state index in [0.717, 1.165) is 0 Å². The highest BCUT2D eigenvalue weighted by molar-refractivity contribution is 7.91. The van der Waals surface area contributed by atoms with Crippen LogP contribution in [0.2, 0.25) is 0 Å². The molecule has 3 rings (SSSR count). The molecule has 0 N–H and O–H groups in total. The molecule has 0 radical (unpaired) electrons. The van der Waals surface area contributed by atoms with E-state index in [-0.39, 0.29) is 27.7 Å². The molecule has 2 aliphatic heterocycles. The highest BCUT2D eigenvalue weighted by Gasteiger charge is 2.49. The molecule has 2 heterocycles. The molecule has 30 heavy (non-hydrogen) atoms. The van der Waals surface area contributed by atoms with Crippen LogP contribution in [-0.2, 0) is 24.7 Å². The Kier molecular flexibility index (Phi) is 6.12. The molecule has 0 unspecified atom stereocenters. The third kappa shape index (κ3) is 4.57. The fraction of sp³-hybridized carbons (Fsp3) is 0.667. The molecule has 1 aromatic carbocycles. The van der Waals surface area contributed by atoms with Crippen molar-refractivity contribution < 1.29 is 21.6 Å². The number of hydrogen-bond acceptors (Lipinski definition) is 5. The number of sulfonamides is 1. The predicted molar refractivity (Wildman–Crippen MR) is 118 cm³/mol. The van der Waals surface area contributed by atoms with Crippen molar-refractivity contribution in [3.05, 3.63) is 24.3 Å². The molecule has 0 saturated carbocycles. The summed E-state index contributed by atoms with van der Waals surface area (Å²) in [5.41, 5.74) is -0.150. The lowest BCUT2D eigenvalue weighted by Crippen LogP contribution is -2.48. The minimum atomic E-state index is -3.34. The fourth-order valence-electron chi connectivity index (χ4n) is 4.36. The smallest absolute Gasteiger partial charge is 0.233 e. The van der Waals surface area contributed by atoms with Gasteiger partial charge in [0.05, 0.1) is 21.8 Å². The van der Waals surface area contributed by atoms with Crippen LogP contribution in [0, 0.1) is 10.8 Å². The normalized spacial score (nSPS) is 20.8. The lowest BCUT2D eigenvalue weighted by molar-refractivity contribution is -0.127. The van der Waals surface area contributed by atoms with Crippen LogP contribution < -0.4 is 4.90 Å². The summed E-state index contributed by atoms with van der Waals surface area (Å²) in [4.78, 5) is 15.2. The van der Waals surface area contributed by atoms with Gasteiger partial charge in [0.1, 0.15) is 0 Å². The molecule has 1 aromatic rings. The van der Waals surface area contributed by atoms with Crippen LogP contribution in [0.1, 0.15) is 47.0 Å². The number of sulfone groups is 1. The Morgan fingerprint density at radius 2 is 1.47 bits per heavy atom. The average Bonchev–Trinajstić information content (AvgIpc) is 2.96. The molecule has 9 heteroatoms. The number of carbonyl (C=O) groups excluding carboxylic acids is 1. The summed E-state index contributed by atoms with van der Waals surface area (Å²) in [6, 6.07) is 6.47. The van der Waals surface area contributed by atoms with E-state index in [1.54, 1.807) is 36.1 Å². The number of rotatable bonds is 5. The summed E-state index contributed by atoms with van der Waals surface area (Å²) in [7, 11) is -6.62. The van der Waals surface area contributed by atoms with Gasteiger partial charge in [0.2, 0.25) is 15.9 Å². The first-order chi connectivity index (χ1) is 13.8. The van der Waals surface area contributed by atoms with E-state index in [4.69, 9.17) is 0 Å². The van der Waals surface area contributed by atoms with Gasteiger partial charge < -0.3 is 4.90 Å². The van der Waals surface area contributed by atoms with Crippen LogP contribution >= 0.6 is 0 Å². The van der Waals surface area contributed by atoms with E-state index in [1.165, 1.54) is 4.31 Å². The summed E-state index contributed by atoms with van der Waals surface area (Å²) in [5, 5.41) is 0. The van der Waals surface area contributed by atoms with E-state index in [2.05, 4.69) is 0 Å². The number of piperidine rings is 1. The number of anilines is 1. The minimum Gasteiger partial charge on any atom is -0.312 e. The molecule has 0 bridgehead atoms. The van der Waals surface area contributed by atoms with Crippen molar-refractivity contribution in [2.24, 2.45) is 10.8 Å². The summed E-state index contributed by atoms with van der Waals surface area (Å²) in [6.45, 7) is 8.62. The van der Waals surface area contributed by atoms with Crippen molar-refractivity contribution in [2.75, 3.05) is 36.0 Å². The standard InChI is InChI=1S/C21H32N2O5S2/c1-5-29(25,26)18-8-6-17(7-9-18)23-15-12-21(19(23)24)10-13-22(14-11-21)30(27,28)16-20(2,3)4/h6-9H,5,10-16H2,1-4H3. The summed E-state index contributed by atoms with van der Waals surface area (Å²) < 4.78 is 50.9. The number of carbonyl (C=O) groups is 1. The van der Waals surface area contributed by atoms with Gasteiger partial charge in [0.15, 0.2) is 9.84 Å². The topological polar surface area (TPSA) is 91.8 Å². The third-order valence-electron chi connectivity index (χ3n) is 6.09. The Balaban J connectivity index is 1.70. The Morgan fingerprint density at radius 3 is 1.97 bits per heavy atom. The fourth-order valence-corrected chi connectivity index (χ4v) is 7.26. The van der Waals surface area contributed by atoms with Crippen LogP contribution in [0.3, 0.4) is 0 Å². The Morgan fingerprint density at radius 1 is 0.933 bits per heavy atom. The van der Waals surface area contributed by atoms with Gasteiger partial charge in [-0.1, -0.05) is 27.7 Å². The largest absolute Gasteiger partial charge is 0.312 e. The molecule has 2 saturated heterocycles. The molecular weight excluding hydrogens is 424 g/mol. The van der Waals surface area contributed by atoms with Gasteiger partial charge in [-0.3, -0.25) is 4.79 Å². The van der Waals surface area contributed by atoms with Crippen LogP contribution in [0.4, 0.5) is 5.69 Å². The Hall–Kier alpha value is -1.45. The average molecular weight is 457 g/mol. The Labute approximate surface area is 180 Å². The van der Waals surface area contributed by atoms with Crippen LogP contribution in [-0.4, -0.2) is 58.2 Å². The van der Waals surface area contributed by atoms with E-state index in [9.17, 15) is 21.6 Å². The summed E-state index contributed by atoms with van der Waals surface area (Å²) in [5.74, 6) is 0.147. The van der Waals surface area contributed by atoms with Crippen molar-refractivity contribution in [1.29, 1.82) is 0 Å². The monoisotopic (exact) mass is 456 g/mol. The van der Waals surface area contributed by atoms with Gasteiger partial charge >= 0.3 is 0 Å². The second-order valence-corrected chi connectivity index (χ2v) is 13.8. The lowest BCUT2D eigenvalue weighted by Gasteiger charge is -2.38. The van der Waals surface area contributed by atoms with Crippen LogP contribution in [0.5, 0.6) is 0 Å². The third-order valence-corrected chi connectivity index (χ3v) is 10.2. The van der Waals surface area contributed by atoms with Crippen molar-refractivity contribution in [1.82, 2.24) is 4.31 Å². The molecule has 0 aliphatic carbocycles. The zero-order valence-corrected chi connectivity index (χ0v) is 19.9. The van der Waals surface area contributed by atoms with Crippen LogP contribution in [0.25, 0.3) is 0 Å². The quantitative estimate of drug-likeness (QED) is 0.679. The maximum Gasteiger partial charge on any atom is 0.233 e. The molecule has 168 valence electrons. The molecule has 2 fully saturated rings. The molecule has 1 spiro atoms. The molecular formula is C21H32N2O5S2. The van der Waals surface area contributed by atoms with E-state index < -0.39 is 25.3 Å². The number of hydrogen-bond donors (Lipinski definition) is 0. The first kappa shape index (κ1) is 23.2. The van der Waals surface area contributed by atoms with Crippen molar-refractivity contribution >= 4 is 31.5 Å². The summed E-state index contributed by atoms with van der Waals surface area (Å²) in [6.07, 6.45) is 1.73. The number of benzene rings is 1. The molecule has 0 aromatic heterocycles. The first-order valence-electron chi connectivity index (χ1n) is 10.4. The highest BCUT2D eigenvalue weighted by atomic mass is 32.2. The van der Waals surface area contributed by atoms with Gasteiger partial charge in [-0.05, 0) is 48.9 Å². The molecule has 0 atom stereocenters.